The predicted octanol–water partition coefficient (Wildman–Crippen LogP) is 5.29. The number of aromatic nitrogens is 1. The number of benzene rings is 3. The maximum atomic E-state index is 14.0. The van der Waals surface area contributed by atoms with Crippen LogP contribution >= 0.6 is 11.3 Å². The molecule has 7 nitrogen and oxygen atoms in total. The molecule has 1 atom stereocenters. The maximum absolute atomic E-state index is 14.0. The average Bonchev–Trinajstić information content (AvgIpc) is 3.60. The van der Waals surface area contributed by atoms with Crippen molar-refractivity contribution in [1.82, 2.24) is 4.57 Å². The van der Waals surface area contributed by atoms with Gasteiger partial charge in [-0.15, -0.1) is 0 Å². The number of allylic oxidation sites excluding steroid dienone is 1. The summed E-state index contributed by atoms with van der Waals surface area (Å²) in [6, 6.07) is 26.0. The molecule has 0 saturated heterocycles. The van der Waals surface area contributed by atoms with Gasteiger partial charge in [0.2, 0.25) is 0 Å². The van der Waals surface area contributed by atoms with Crippen molar-refractivity contribution >= 4 is 29.1 Å². The highest BCUT2D eigenvalue weighted by atomic mass is 32.1. The Bertz CT molecular complexity index is 2060. The summed E-state index contributed by atoms with van der Waals surface area (Å²) in [7, 11) is 1.64. The Hall–Kier alpha value is -4.95. The van der Waals surface area contributed by atoms with Gasteiger partial charge in [0.05, 0.1) is 28.9 Å². The highest BCUT2D eigenvalue weighted by Gasteiger charge is 2.32. The number of carboxylic acids is 1. The molecular formula is C33H24N2O5S. The van der Waals surface area contributed by atoms with Crippen LogP contribution in [-0.4, -0.2) is 22.8 Å². The van der Waals surface area contributed by atoms with Crippen LogP contribution in [0.4, 0.5) is 0 Å². The number of aryl methyl sites for hydroxylation is 1. The third-order valence-electron chi connectivity index (χ3n) is 7.61. The molecule has 3 aromatic carbocycles. The van der Waals surface area contributed by atoms with Gasteiger partial charge in [-0.3, -0.25) is 9.36 Å². The number of carbonyl (C=O) groups is 1. The average molecular weight is 561 g/mol. The summed E-state index contributed by atoms with van der Waals surface area (Å²) in [5.41, 5.74) is 5.83. The number of nitrogens with zero attached hydrogens (tertiary/aromatic N) is 2. The van der Waals surface area contributed by atoms with E-state index in [1.54, 1.807) is 48.1 Å². The van der Waals surface area contributed by atoms with Gasteiger partial charge in [0.15, 0.2) is 4.80 Å². The lowest BCUT2D eigenvalue weighted by Gasteiger charge is -2.31. The molecule has 8 heteroatoms. The van der Waals surface area contributed by atoms with E-state index >= 15 is 0 Å². The molecule has 2 aliphatic rings. The molecule has 0 spiro atoms. The molecule has 1 N–H and O–H groups in total. The molecule has 1 aliphatic carbocycles. The Morgan fingerprint density at radius 1 is 1.02 bits per heavy atom. The van der Waals surface area contributed by atoms with Crippen molar-refractivity contribution in [2.24, 2.45) is 4.99 Å². The van der Waals surface area contributed by atoms with E-state index in [4.69, 9.17) is 14.1 Å². The molecule has 0 unspecified atom stereocenters. The lowest BCUT2D eigenvalue weighted by atomic mass is 9.83. The van der Waals surface area contributed by atoms with Gasteiger partial charge in [0.1, 0.15) is 17.3 Å². The molecule has 0 bridgehead atoms. The molecule has 2 aromatic heterocycles. The highest BCUT2D eigenvalue weighted by Crippen LogP contribution is 2.41. The second kappa shape index (κ2) is 9.91. The van der Waals surface area contributed by atoms with Gasteiger partial charge < -0.3 is 14.3 Å². The molecule has 1 aliphatic heterocycles. The van der Waals surface area contributed by atoms with Crippen molar-refractivity contribution in [3.8, 4) is 17.1 Å². The number of methoxy groups -OCH3 is 1. The van der Waals surface area contributed by atoms with Crippen LogP contribution < -0.4 is 19.6 Å². The summed E-state index contributed by atoms with van der Waals surface area (Å²) in [5.74, 6) is 0.570. The normalized spacial score (nSPS) is 16.0. The standard InChI is InChI=1S/C33H24N2O5S/c1-39-21-9-6-8-20(17-21)30-26-15-13-19-7-2-3-10-23(19)29(26)34-33-35(30)31(36)28(41-33)18-22-14-16-27(40-22)24-11-4-5-12-25(24)32(37)38/h2-12,14,16-18,30H,13,15H2,1H3,(H,37,38)/b28-18+/t30-/m1/s1. The number of rotatable bonds is 5. The van der Waals surface area contributed by atoms with Gasteiger partial charge in [0, 0.05) is 17.2 Å². The Labute approximate surface area is 238 Å². The predicted molar refractivity (Wildman–Crippen MR) is 157 cm³/mol. The summed E-state index contributed by atoms with van der Waals surface area (Å²) in [6.07, 6.45) is 3.38. The second-order valence-corrected chi connectivity index (χ2v) is 11.0. The van der Waals surface area contributed by atoms with E-state index in [1.807, 2.05) is 36.4 Å². The van der Waals surface area contributed by atoms with E-state index in [1.165, 1.54) is 23.0 Å². The molecular weight excluding hydrogens is 536 g/mol. The molecule has 202 valence electrons. The Morgan fingerprint density at radius 2 is 1.83 bits per heavy atom. The van der Waals surface area contributed by atoms with E-state index in [2.05, 4.69) is 12.1 Å². The minimum absolute atomic E-state index is 0.150. The first-order valence-electron chi connectivity index (χ1n) is 13.2. The van der Waals surface area contributed by atoms with Crippen molar-refractivity contribution in [3.05, 3.63) is 138 Å². The fraction of sp³-hybridized carbons (Fsp3) is 0.121. The Kier molecular flexibility index (Phi) is 6.05. The molecule has 0 saturated carbocycles. The number of thiazole rings is 1. The topological polar surface area (TPSA) is 94.0 Å². The van der Waals surface area contributed by atoms with Crippen LogP contribution in [0.2, 0.25) is 0 Å². The number of carboxylic acid groups (broad SMARTS) is 1. The van der Waals surface area contributed by atoms with Crippen LogP contribution in [0.3, 0.4) is 0 Å². The third-order valence-corrected chi connectivity index (χ3v) is 8.59. The van der Waals surface area contributed by atoms with Crippen molar-refractivity contribution in [2.75, 3.05) is 7.11 Å². The Morgan fingerprint density at radius 3 is 2.66 bits per heavy atom. The van der Waals surface area contributed by atoms with Crippen molar-refractivity contribution < 1.29 is 19.1 Å². The molecule has 3 heterocycles. The Balaban J connectivity index is 1.40. The number of ether oxygens (including phenoxy) is 1. The van der Waals surface area contributed by atoms with Crippen LogP contribution in [0.25, 0.3) is 23.1 Å². The summed E-state index contributed by atoms with van der Waals surface area (Å²) in [4.78, 5) is 31.4. The van der Waals surface area contributed by atoms with Gasteiger partial charge in [-0.1, -0.05) is 65.9 Å². The molecule has 41 heavy (non-hydrogen) atoms. The SMILES string of the molecule is COc1cccc([C@@H]2C3=C(N=c4s/c(=C/c5ccc(-c6ccccc6C(=O)O)o5)c(=O)n42)c2ccccc2CC3)c1. The molecule has 0 amide bonds. The van der Waals surface area contributed by atoms with Crippen LogP contribution in [0, 0.1) is 0 Å². The summed E-state index contributed by atoms with van der Waals surface area (Å²) >= 11 is 1.32. The van der Waals surface area contributed by atoms with Crippen LogP contribution in [0.1, 0.15) is 45.3 Å². The van der Waals surface area contributed by atoms with Crippen LogP contribution in [0.5, 0.6) is 5.75 Å². The first-order chi connectivity index (χ1) is 20.0. The van der Waals surface area contributed by atoms with E-state index in [0.717, 1.165) is 41.0 Å². The molecule has 0 fully saturated rings. The van der Waals surface area contributed by atoms with Crippen LogP contribution in [-0.2, 0) is 6.42 Å². The van der Waals surface area contributed by atoms with E-state index in [-0.39, 0.29) is 17.2 Å². The number of aromatic carboxylic acids is 1. The quantitative estimate of drug-likeness (QED) is 0.316. The van der Waals surface area contributed by atoms with E-state index in [0.29, 0.717) is 26.4 Å². The minimum atomic E-state index is -1.03. The van der Waals surface area contributed by atoms with Gasteiger partial charge in [-0.2, -0.15) is 0 Å². The van der Waals surface area contributed by atoms with E-state index < -0.39 is 5.97 Å². The monoisotopic (exact) mass is 560 g/mol. The van der Waals surface area contributed by atoms with Crippen molar-refractivity contribution in [3.63, 3.8) is 0 Å². The largest absolute Gasteiger partial charge is 0.497 e. The number of hydrogen-bond donors (Lipinski definition) is 1. The zero-order chi connectivity index (χ0) is 28.1. The van der Waals surface area contributed by atoms with Gasteiger partial charge in [-0.05, 0) is 59.9 Å². The number of hydrogen-bond acceptors (Lipinski definition) is 6. The molecule has 5 aromatic rings. The third kappa shape index (κ3) is 4.24. The number of furan rings is 1. The summed E-state index contributed by atoms with van der Waals surface area (Å²) in [6.45, 7) is 0. The van der Waals surface area contributed by atoms with Gasteiger partial charge >= 0.3 is 5.97 Å². The lowest BCUT2D eigenvalue weighted by molar-refractivity contribution is 0.0697. The van der Waals surface area contributed by atoms with E-state index in [9.17, 15) is 14.7 Å². The first-order valence-corrected chi connectivity index (χ1v) is 14.0. The summed E-state index contributed by atoms with van der Waals surface area (Å²) < 4.78 is 13.8. The first kappa shape index (κ1) is 25.0. The highest BCUT2D eigenvalue weighted by molar-refractivity contribution is 7.07. The fourth-order valence-corrected chi connectivity index (χ4v) is 6.70. The zero-order valence-corrected chi connectivity index (χ0v) is 22.9. The maximum Gasteiger partial charge on any atom is 0.336 e. The fourth-order valence-electron chi connectivity index (χ4n) is 5.72. The molecule has 7 rings (SSSR count). The lowest BCUT2D eigenvalue weighted by Crippen LogP contribution is -2.38. The van der Waals surface area contributed by atoms with Crippen molar-refractivity contribution in [2.45, 2.75) is 18.9 Å². The summed E-state index contributed by atoms with van der Waals surface area (Å²) in [5, 5.41) is 9.59. The molecule has 0 radical (unpaired) electrons. The van der Waals surface area contributed by atoms with Crippen LogP contribution in [0.15, 0.2) is 105 Å². The minimum Gasteiger partial charge on any atom is -0.497 e. The van der Waals surface area contributed by atoms with Gasteiger partial charge in [0.25, 0.3) is 5.56 Å². The number of fused-ring (bicyclic) bond motifs is 3. The second-order valence-electron chi connectivity index (χ2n) is 9.94. The zero-order valence-electron chi connectivity index (χ0n) is 22.0. The van der Waals surface area contributed by atoms with Gasteiger partial charge in [-0.25, -0.2) is 9.79 Å². The smallest absolute Gasteiger partial charge is 0.336 e. The van der Waals surface area contributed by atoms with Crippen molar-refractivity contribution in [1.29, 1.82) is 0 Å².